The lowest BCUT2D eigenvalue weighted by Gasteiger charge is -2.28. The Balaban J connectivity index is 0.00000363. The van der Waals surface area contributed by atoms with Crippen molar-refractivity contribution in [1.29, 1.82) is 0 Å². The van der Waals surface area contributed by atoms with Gasteiger partial charge >= 0.3 is 5.97 Å². The third kappa shape index (κ3) is 8.15. The van der Waals surface area contributed by atoms with Gasteiger partial charge in [-0.3, -0.25) is 4.79 Å². The van der Waals surface area contributed by atoms with Crippen molar-refractivity contribution < 1.29 is 19.7 Å². The van der Waals surface area contributed by atoms with E-state index in [-0.39, 0.29) is 31.0 Å². The number of aliphatic hydroxyl groups excluding tert-OH is 1. The van der Waals surface area contributed by atoms with Gasteiger partial charge in [0.25, 0.3) is 0 Å². The van der Waals surface area contributed by atoms with Crippen LogP contribution in [0.3, 0.4) is 0 Å². The first kappa shape index (κ1) is 25.7. The molecule has 0 heterocycles. The fourth-order valence-electron chi connectivity index (χ4n) is 3.57. The van der Waals surface area contributed by atoms with Crippen LogP contribution in [-0.2, 0) is 17.6 Å². The lowest BCUT2D eigenvalue weighted by Crippen LogP contribution is -2.46. The lowest BCUT2D eigenvalue weighted by atomic mass is 9.93. The summed E-state index contributed by atoms with van der Waals surface area (Å²) < 4.78 is 5.67. The minimum absolute atomic E-state index is 0. The van der Waals surface area contributed by atoms with Crippen LogP contribution in [0, 0.1) is 0 Å². The number of benzene rings is 3. The highest BCUT2D eigenvalue weighted by atomic mass is 35.5. The molecule has 0 bridgehead atoms. The van der Waals surface area contributed by atoms with Gasteiger partial charge < -0.3 is 20.3 Å². The van der Waals surface area contributed by atoms with Crippen LogP contribution in [-0.4, -0.2) is 41.0 Å². The van der Waals surface area contributed by atoms with E-state index in [2.05, 4.69) is 55.6 Å². The van der Waals surface area contributed by atoms with Crippen LogP contribution in [0.15, 0.2) is 66.7 Å². The average Bonchev–Trinajstić information content (AvgIpc) is 2.75. The molecule has 32 heavy (non-hydrogen) atoms. The van der Waals surface area contributed by atoms with Gasteiger partial charge in [-0.15, -0.1) is 12.4 Å². The average molecular weight is 458 g/mol. The molecule has 0 aliphatic heterocycles. The minimum atomic E-state index is -0.806. The summed E-state index contributed by atoms with van der Waals surface area (Å²) in [5, 5.41) is 25.0. The number of carboxylic acids is 1. The number of aliphatic carboxylic acids is 1. The Labute approximate surface area is 195 Å². The van der Waals surface area contributed by atoms with E-state index in [0.29, 0.717) is 18.7 Å². The van der Waals surface area contributed by atoms with Crippen LogP contribution in [0.5, 0.6) is 5.75 Å². The van der Waals surface area contributed by atoms with Gasteiger partial charge in [0.05, 0.1) is 0 Å². The van der Waals surface area contributed by atoms with Gasteiger partial charge in [-0.2, -0.15) is 0 Å². The van der Waals surface area contributed by atoms with E-state index in [1.54, 1.807) is 12.1 Å². The minimum Gasteiger partial charge on any atom is -0.491 e. The van der Waals surface area contributed by atoms with E-state index in [0.717, 1.165) is 12.0 Å². The van der Waals surface area contributed by atoms with Crippen LogP contribution in [0.1, 0.15) is 31.4 Å². The Kier molecular flexibility index (Phi) is 9.51. The maximum atomic E-state index is 10.6. The number of carbonyl (C=O) groups is 1. The number of ether oxygens (including phenoxy) is 1. The SMILES string of the molecule is CC(C)(Cc1ccc2ccccc2c1)NC[C@@H](O)COc1ccc(CCC(=O)O)cc1.Cl. The molecule has 3 N–H and O–H groups in total. The van der Waals surface area contributed by atoms with E-state index in [1.807, 2.05) is 18.2 Å². The van der Waals surface area contributed by atoms with Crippen molar-refractivity contribution in [2.24, 2.45) is 0 Å². The summed E-state index contributed by atoms with van der Waals surface area (Å²) in [6.45, 7) is 4.88. The number of aryl methyl sites for hydroxylation is 1. The molecule has 6 heteroatoms. The first-order valence-electron chi connectivity index (χ1n) is 10.6. The van der Waals surface area contributed by atoms with Crippen molar-refractivity contribution in [3.63, 3.8) is 0 Å². The normalized spacial score (nSPS) is 12.2. The highest BCUT2D eigenvalue weighted by Crippen LogP contribution is 2.20. The van der Waals surface area contributed by atoms with E-state index in [9.17, 15) is 9.90 Å². The zero-order valence-electron chi connectivity index (χ0n) is 18.6. The number of aliphatic hydroxyl groups is 1. The Morgan fingerprint density at radius 1 is 1.00 bits per heavy atom. The molecule has 0 radical (unpaired) electrons. The van der Waals surface area contributed by atoms with Crippen molar-refractivity contribution in [3.05, 3.63) is 77.9 Å². The summed E-state index contributed by atoms with van der Waals surface area (Å²) in [6, 6.07) is 22.2. The van der Waals surface area contributed by atoms with Gasteiger partial charge in [0.1, 0.15) is 18.5 Å². The maximum Gasteiger partial charge on any atom is 0.303 e. The summed E-state index contributed by atoms with van der Waals surface area (Å²) >= 11 is 0. The monoisotopic (exact) mass is 457 g/mol. The molecule has 172 valence electrons. The fourth-order valence-corrected chi connectivity index (χ4v) is 3.57. The van der Waals surface area contributed by atoms with E-state index >= 15 is 0 Å². The maximum absolute atomic E-state index is 10.6. The summed E-state index contributed by atoms with van der Waals surface area (Å²) in [6.07, 6.45) is 0.819. The molecule has 0 aliphatic rings. The second-order valence-electron chi connectivity index (χ2n) is 8.63. The smallest absolute Gasteiger partial charge is 0.303 e. The van der Waals surface area contributed by atoms with Crippen LogP contribution in [0.4, 0.5) is 0 Å². The first-order chi connectivity index (χ1) is 14.8. The Morgan fingerprint density at radius 2 is 1.66 bits per heavy atom. The first-order valence-corrected chi connectivity index (χ1v) is 10.6. The fraction of sp³-hybridized carbons (Fsp3) is 0.346. The zero-order valence-corrected chi connectivity index (χ0v) is 19.4. The standard InChI is InChI=1S/C26H31NO4.ClH/c1-26(2,16-20-7-11-21-5-3-4-6-22(21)15-20)27-17-23(28)18-31-24-12-8-19(9-13-24)10-14-25(29)30;/h3-9,11-13,15,23,27-28H,10,14,16-18H2,1-2H3,(H,29,30);1H/t23-;/m1./s1. The highest BCUT2D eigenvalue weighted by Gasteiger charge is 2.19. The number of hydrogen-bond acceptors (Lipinski definition) is 4. The number of halogens is 1. The quantitative estimate of drug-likeness (QED) is 0.391. The topological polar surface area (TPSA) is 78.8 Å². The second kappa shape index (κ2) is 11.9. The van der Waals surface area contributed by atoms with Gasteiger partial charge in [-0.05, 0) is 60.7 Å². The summed E-state index contributed by atoms with van der Waals surface area (Å²) in [4.78, 5) is 10.6. The number of carboxylic acid groups (broad SMARTS) is 1. The van der Waals surface area contributed by atoms with Gasteiger partial charge in [0.2, 0.25) is 0 Å². The molecule has 0 saturated carbocycles. The summed E-state index contributed by atoms with van der Waals surface area (Å²) in [7, 11) is 0. The molecule has 0 aromatic heterocycles. The number of β-amino-alcohol motifs (C(OH)–C–C–N with tert-alkyl or cyclic N) is 1. The predicted molar refractivity (Wildman–Crippen MR) is 131 cm³/mol. The van der Waals surface area contributed by atoms with E-state index in [4.69, 9.17) is 9.84 Å². The van der Waals surface area contributed by atoms with Crippen molar-refractivity contribution in [1.82, 2.24) is 5.32 Å². The van der Waals surface area contributed by atoms with Gasteiger partial charge in [-0.1, -0.05) is 54.6 Å². The summed E-state index contributed by atoms with van der Waals surface area (Å²) in [5.74, 6) is -0.145. The van der Waals surface area contributed by atoms with Crippen molar-refractivity contribution in [2.75, 3.05) is 13.2 Å². The summed E-state index contributed by atoms with van der Waals surface area (Å²) in [5.41, 5.74) is 2.03. The molecule has 3 rings (SSSR count). The molecule has 1 atom stereocenters. The molecule has 3 aromatic rings. The number of nitrogens with one attached hydrogen (secondary N) is 1. The van der Waals surface area contributed by atoms with Crippen molar-refractivity contribution in [3.8, 4) is 5.75 Å². The molecule has 0 amide bonds. The predicted octanol–water partition coefficient (Wildman–Crippen LogP) is 4.63. The largest absolute Gasteiger partial charge is 0.491 e. The molecule has 5 nitrogen and oxygen atoms in total. The number of rotatable bonds is 11. The van der Waals surface area contributed by atoms with E-state index < -0.39 is 12.1 Å². The van der Waals surface area contributed by atoms with Crippen molar-refractivity contribution in [2.45, 2.75) is 44.8 Å². The lowest BCUT2D eigenvalue weighted by molar-refractivity contribution is -0.136. The molecule has 0 aliphatic carbocycles. The van der Waals surface area contributed by atoms with Crippen LogP contribution in [0.25, 0.3) is 10.8 Å². The molecular formula is C26H32ClNO4. The Hall–Kier alpha value is -2.60. The van der Waals surface area contributed by atoms with Gasteiger partial charge in [-0.25, -0.2) is 0 Å². The molecule has 0 saturated heterocycles. The van der Waals surface area contributed by atoms with Crippen LogP contribution in [0.2, 0.25) is 0 Å². The van der Waals surface area contributed by atoms with E-state index in [1.165, 1.54) is 16.3 Å². The molecule has 0 spiro atoms. The second-order valence-corrected chi connectivity index (χ2v) is 8.63. The molecule has 0 unspecified atom stereocenters. The zero-order chi connectivity index (χ0) is 22.3. The third-order valence-electron chi connectivity index (χ3n) is 5.27. The van der Waals surface area contributed by atoms with Gasteiger partial charge in [0, 0.05) is 18.5 Å². The third-order valence-corrected chi connectivity index (χ3v) is 5.27. The highest BCUT2D eigenvalue weighted by molar-refractivity contribution is 5.85. The molecule has 3 aromatic carbocycles. The number of hydrogen-bond donors (Lipinski definition) is 3. The molecule has 0 fully saturated rings. The Morgan fingerprint density at radius 3 is 2.34 bits per heavy atom. The van der Waals surface area contributed by atoms with Gasteiger partial charge in [0.15, 0.2) is 0 Å². The van der Waals surface area contributed by atoms with Crippen LogP contribution < -0.4 is 10.1 Å². The molecular weight excluding hydrogens is 426 g/mol. The Bertz CT molecular complexity index is 1000. The van der Waals surface area contributed by atoms with Crippen molar-refractivity contribution >= 4 is 29.1 Å². The number of fused-ring (bicyclic) bond motifs is 1. The van der Waals surface area contributed by atoms with Crippen LogP contribution >= 0.6 is 12.4 Å².